The van der Waals surface area contributed by atoms with Crippen LogP contribution in [0.2, 0.25) is 0 Å². The van der Waals surface area contributed by atoms with Gasteiger partial charge in [0.15, 0.2) is 0 Å². The second kappa shape index (κ2) is 5.92. The van der Waals surface area contributed by atoms with Gasteiger partial charge in [0.05, 0.1) is 5.39 Å². The average Bonchev–Trinajstić information content (AvgIpc) is 2.97. The van der Waals surface area contributed by atoms with Crippen molar-refractivity contribution in [3.05, 3.63) is 62.8 Å². The van der Waals surface area contributed by atoms with Crippen LogP contribution >= 0.6 is 11.3 Å². The molecule has 7 heteroatoms. The Morgan fingerprint density at radius 2 is 2.17 bits per heavy atom. The summed E-state index contributed by atoms with van der Waals surface area (Å²) in [6, 6.07) is 5.94. The number of hydrogen-bond donors (Lipinski definition) is 1. The highest BCUT2D eigenvalue weighted by Gasteiger charge is 2.12. The number of fused-ring (bicyclic) bond motifs is 1. The van der Waals surface area contributed by atoms with E-state index >= 15 is 0 Å². The van der Waals surface area contributed by atoms with Crippen molar-refractivity contribution in [2.75, 3.05) is 5.43 Å². The molecule has 23 heavy (non-hydrogen) atoms. The topological polar surface area (TPSA) is 64.0 Å². The Hall–Kier alpha value is -2.54. The highest BCUT2D eigenvalue weighted by atomic mass is 32.1. The monoisotopic (exact) mass is 331 g/mol. The summed E-state index contributed by atoms with van der Waals surface area (Å²) in [5.41, 5.74) is 2.67. The van der Waals surface area contributed by atoms with E-state index in [-0.39, 0.29) is 11.1 Å². The van der Waals surface area contributed by atoms with E-state index < -0.39 is 11.7 Å². The number of aromatic nitrogens is 2. The fraction of sp³-hybridized carbons (Fsp3) is 0.188. The maximum Gasteiger partial charge on any atom is 0.280 e. The third-order valence-electron chi connectivity index (χ3n) is 3.51. The van der Waals surface area contributed by atoms with Crippen LogP contribution in [0, 0.1) is 12.7 Å². The Morgan fingerprint density at radius 3 is 2.87 bits per heavy atom. The number of thiophene rings is 1. The molecule has 3 aromatic rings. The van der Waals surface area contributed by atoms with Crippen molar-refractivity contribution in [1.82, 2.24) is 9.66 Å². The smallest absolute Gasteiger partial charge is 0.267 e. The van der Waals surface area contributed by atoms with Crippen LogP contribution in [0.15, 0.2) is 35.4 Å². The molecular weight excluding hydrogens is 317 g/mol. The molecule has 0 radical (unpaired) electrons. The molecular formula is C16H14FN3O2S. The summed E-state index contributed by atoms with van der Waals surface area (Å²) in [7, 11) is 0. The second-order valence-corrected chi connectivity index (χ2v) is 6.22. The highest BCUT2D eigenvalue weighted by Crippen LogP contribution is 2.20. The van der Waals surface area contributed by atoms with E-state index in [9.17, 15) is 14.0 Å². The van der Waals surface area contributed by atoms with Gasteiger partial charge in [0.2, 0.25) is 0 Å². The second-order valence-electron chi connectivity index (χ2n) is 5.11. The third kappa shape index (κ3) is 2.87. The lowest BCUT2D eigenvalue weighted by atomic mass is 10.1. The highest BCUT2D eigenvalue weighted by molar-refractivity contribution is 7.18. The SMILES string of the molecule is CCc1cc2c(=O)n(NC(=O)c3ccc(C)c(F)c3)cnc2s1. The normalized spacial score (nSPS) is 10.9. The zero-order valence-corrected chi connectivity index (χ0v) is 13.4. The molecule has 0 bridgehead atoms. The number of nitrogens with zero attached hydrogens (tertiary/aromatic N) is 2. The summed E-state index contributed by atoms with van der Waals surface area (Å²) in [5, 5.41) is 0.463. The molecule has 0 aliphatic rings. The van der Waals surface area contributed by atoms with Gasteiger partial charge in [0, 0.05) is 10.4 Å². The van der Waals surface area contributed by atoms with E-state index in [2.05, 4.69) is 10.4 Å². The zero-order valence-electron chi connectivity index (χ0n) is 12.6. The van der Waals surface area contributed by atoms with Gasteiger partial charge < -0.3 is 0 Å². The molecule has 118 valence electrons. The molecule has 0 spiro atoms. The van der Waals surface area contributed by atoms with Crippen molar-refractivity contribution in [1.29, 1.82) is 0 Å². The number of nitrogens with one attached hydrogen (secondary N) is 1. The lowest BCUT2D eigenvalue weighted by molar-refractivity contribution is 0.101. The maximum absolute atomic E-state index is 13.5. The Balaban J connectivity index is 1.94. The van der Waals surface area contributed by atoms with Gasteiger partial charge in [-0.05, 0) is 37.1 Å². The molecule has 2 heterocycles. The van der Waals surface area contributed by atoms with Crippen LogP contribution in [0.3, 0.4) is 0 Å². The quantitative estimate of drug-likeness (QED) is 0.803. The number of aryl methyl sites for hydroxylation is 2. The summed E-state index contributed by atoms with van der Waals surface area (Å²) in [4.78, 5) is 30.4. The Labute approximate surface area is 135 Å². The number of halogens is 1. The van der Waals surface area contributed by atoms with E-state index in [0.717, 1.165) is 22.0 Å². The van der Waals surface area contributed by atoms with E-state index in [1.165, 1.54) is 29.8 Å². The van der Waals surface area contributed by atoms with Crippen molar-refractivity contribution in [2.45, 2.75) is 20.3 Å². The lowest BCUT2D eigenvalue weighted by Crippen LogP contribution is -2.33. The molecule has 2 aromatic heterocycles. The summed E-state index contributed by atoms with van der Waals surface area (Å²) in [6.45, 7) is 3.61. The van der Waals surface area contributed by atoms with Gasteiger partial charge in [-0.3, -0.25) is 15.0 Å². The molecule has 3 rings (SSSR count). The Bertz CT molecular complexity index is 962. The van der Waals surface area contributed by atoms with Crippen molar-refractivity contribution in [3.63, 3.8) is 0 Å². The van der Waals surface area contributed by atoms with Crippen LogP contribution in [-0.2, 0) is 6.42 Å². The predicted molar refractivity (Wildman–Crippen MR) is 88.1 cm³/mol. The van der Waals surface area contributed by atoms with Crippen LogP contribution in [0.1, 0.15) is 27.7 Å². The van der Waals surface area contributed by atoms with Crippen molar-refractivity contribution in [3.8, 4) is 0 Å². The molecule has 0 aliphatic carbocycles. The Kier molecular flexibility index (Phi) is 3.96. The molecule has 1 aromatic carbocycles. The number of rotatable bonds is 3. The molecule has 0 saturated carbocycles. The number of benzene rings is 1. The summed E-state index contributed by atoms with van der Waals surface area (Å²) >= 11 is 1.45. The number of carbonyl (C=O) groups is 1. The van der Waals surface area contributed by atoms with Gasteiger partial charge in [-0.15, -0.1) is 11.3 Å². The molecule has 1 N–H and O–H groups in total. The fourth-order valence-corrected chi connectivity index (χ4v) is 3.06. The first-order chi connectivity index (χ1) is 11.0. The van der Waals surface area contributed by atoms with E-state index in [1.54, 1.807) is 13.0 Å². The summed E-state index contributed by atoms with van der Waals surface area (Å²) in [6.07, 6.45) is 2.08. The minimum Gasteiger partial charge on any atom is -0.267 e. The van der Waals surface area contributed by atoms with E-state index in [4.69, 9.17) is 0 Å². The van der Waals surface area contributed by atoms with Gasteiger partial charge >= 0.3 is 0 Å². The van der Waals surface area contributed by atoms with Gasteiger partial charge in [-0.25, -0.2) is 14.1 Å². The minimum atomic E-state index is -0.571. The van der Waals surface area contributed by atoms with E-state index in [0.29, 0.717) is 15.8 Å². The molecule has 5 nitrogen and oxygen atoms in total. The van der Waals surface area contributed by atoms with Gasteiger partial charge in [-0.1, -0.05) is 13.0 Å². The van der Waals surface area contributed by atoms with Crippen LogP contribution in [-0.4, -0.2) is 15.6 Å². The van der Waals surface area contributed by atoms with Crippen LogP contribution in [0.25, 0.3) is 10.2 Å². The van der Waals surface area contributed by atoms with Crippen LogP contribution < -0.4 is 11.0 Å². The molecule has 0 saturated heterocycles. The van der Waals surface area contributed by atoms with Crippen LogP contribution in [0.5, 0.6) is 0 Å². The summed E-state index contributed by atoms with van der Waals surface area (Å²) in [5.74, 6) is -1.04. The number of carbonyl (C=O) groups excluding carboxylic acids is 1. The molecule has 0 unspecified atom stereocenters. The van der Waals surface area contributed by atoms with Gasteiger partial charge in [0.1, 0.15) is 17.0 Å². The van der Waals surface area contributed by atoms with Crippen LogP contribution in [0.4, 0.5) is 4.39 Å². The van der Waals surface area contributed by atoms with Crippen molar-refractivity contribution >= 4 is 27.5 Å². The molecule has 0 atom stereocenters. The average molecular weight is 331 g/mol. The standard InChI is InChI=1S/C16H14FN3O2S/c1-3-11-7-12-15(23-11)18-8-20(16(12)22)19-14(21)10-5-4-9(2)13(17)6-10/h4-8H,3H2,1-2H3,(H,19,21). The lowest BCUT2D eigenvalue weighted by Gasteiger charge is -2.08. The molecule has 0 fully saturated rings. The van der Waals surface area contributed by atoms with Gasteiger partial charge in [-0.2, -0.15) is 0 Å². The zero-order chi connectivity index (χ0) is 16.6. The van der Waals surface area contributed by atoms with Gasteiger partial charge in [0.25, 0.3) is 11.5 Å². The van der Waals surface area contributed by atoms with Crippen molar-refractivity contribution in [2.24, 2.45) is 0 Å². The first-order valence-electron chi connectivity index (χ1n) is 7.07. The number of hydrogen-bond acceptors (Lipinski definition) is 4. The fourth-order valence-electron chi connectivity index (χ4n) is 2.13. The Morgan fingerprint density at radius 1 is 1.39 bits per heavy atom. The third-order valence-corrected chi connectivity index (χ3v) is 4.70. The van der Waals surface area contributed by atoms with Crippen molar-refractivity contribution < 1.29 is 9.18 Å². The maximum atomic E-state index is 13.5. The van der Waals surface area contributed by atoms with E-state index in [1.807, 2.05) is 6.92 Å². The molecule has 0 aliphatic heterocycles. The first kappa shape index (κ1) is 15.4. The number of amides is 1. The first-order valence-corrected chi connectivity index (χ1v) is 7.89. The minimum absolute atomic E-state index is 0.139. The molecule has 1 amide bonds. The predicted octanol–water partition coefficient (Wildman–Crippen LogP) is 2.85. The largest absolute Gasteiger partial charge is 0.280 e. The summed E-state index contributed by atoms with van der Waals surface area (Å²) < 4.78 is 14.6.